The first-order valence-electron chi connectivity index (χ1n) is 10.1. The first-order valence-corrected chi connectivity index (χ1v) is 12.0. The molecule has 0 spiro atoms. The van der Waals surface area contributed by atoms with Crippen LogP contribution in [0.4, 0.5) is 0 Å². The van der Waals surface area contributed by atoms with Gasteiger partial charge in [0, 0.05) is 17.0 Å². The molecule has 0 bridgehead atoms. The highest BCUT2D eigenvalue weighted by Gasteiger charge is 2.50. The molecule has 3 aromatic carbocycles. The number of carbonyl (C=O) groups excluding carboxylic acids is 1. The first-order chi connectivity index (χ1) is 15.3. The van der Waals surface area contributed by atoms with Crippen LogP contribution in [0, 0.1) is 0 Å². The Labute approximate surface area is 191 Å². The molecule has 0 saturated heterocycles. The van der Waals surface area contributed by atoms with E-state index >= 15 is 0 Å². The van der Waals surface area contributed by atoms with E-state index in [9.17, 15) is 13.2 Å². The Morgan fingerprint density at radius 3 is 2.53 bits per heavy atom. The summed E-state index contributed by atoms with van der Waals surface area (Å²) >= 11 is 6.39. The smallest absolute Gasteiger partial charge is 0.238 e. The molecular formula is C24H20ClNO5S. The molecule has 0 aromatic heterocycles. The highest BCUT2D eigenvalue weighted by Crippen LogP contribution is 2.51. The molecule has 0 radical (unpaired) electrons. The topological polar surface area (TPSA) is 95.7 Å². The van der Waals surface area contributed by atoms with Crippen LogP contribution in [0.1, 0.15) is 24.0 Å². The lowest BCUT2D eigenvalue weighted by Crippen LogP contribution is -2.22. The van der Waals surface area contributed by atoms with Gasteiger partial charge in [-0.1, -0.05) is 35.9 Å². The summed E-state index contributed by atoms with van der Waals surface area (Å²) in [5, 5.41) is 5.72. The molecule has 164 valence electrons. The lowest BCUT2D eigenvalue weighted by molar-refractivity contribution is -0.120. The molecule has 1 saturated carbocycles. The molecule has 6 nitrogen and oxygen atoms in total. The summed E-state index contributed by atoms with van der Waals surface area (Å²) in [4.78, 5) is 13.3. The van der Waals surface area contributed by atoms with Gasteiger partial charge in [-0.3, -0.25) is 4.79 Å². The summed E-state index contributed by atoms with van der Waals surface area (Å²) in [6, 6.07) is 17.4. The molecule has 5 rings (SSSR count). The number of ether oxygens (including phenoxy) is 2. The van der Waals surface area contributed by atoms with E-state index in [0.29, 0.717) is 27.6 Å². The maximum Gasteiger partial charge on any atom is 0.238 e. The molecule has 32 heavy (non-hydrogen) atoms. The second-order valence-electron chi connectivity index (χ2n) is 8.14. The molecule has 3 aromatic rings. The van der Waals surface area contributed by atoms with Crippen molar-refractivity contribution >= 4 is 27.4 Å². The molecule has 1 heterocycles. The predicted molar refractivity (Wildman–Crippen MR) is 120 cm³/mol. The summed E-state index contributed by atoms with van der Waals surface area (Å²) in [6.45, 7) is 0.194. The fourth-order valence-corrected chi connectivity index (χ4v) is 4.93. The lowest BCUT2D eigenvalue weighted by Gasteiger charge is -2.16. The van der Waals surface area contributed by atoms with Gasteiger partial charge in [-0.2, -0.15) is 0 Å². The Balaban J connectivity index is 1.43. The van der Waals surface area contributed by atoms with Crippen LogP contribution in [-0.2, 0) is 26.7 Å². The number of fused-ring (bicyclic) bond motifs is 1. The molecular weight excluding hydrogens is 450 g/mol. The number of benzene rings is 3. The molecule has 0 atom stereocenters. The molecule has 0 amide bonds. The van der Waals surface area contributed by atoms with Gasteiger partial charge in [-0.05, 0) is 65.9 Å². The van der Waals surface area contributed by atoms with Crippen molar-refractivity contribution in [2.45, 2.75) is 29.6 Å². The van der Waals surface area contributed by atoms with E-state index in [0.717, 1.165) is 24.0 Å². The second-order valence-corrected chi connectivity index (χ2v) is 10.1. The number of halogens is 1. The van der Waals surface area contributed by atoms with Gasteiger partial charge in [0.1, 0.15) is 5.78 Å². The number of hydrogen-bond acceptors (Lipinski definition) is 5. The third-order valence-electron chi connectivity index (χ3n) is 6.08. The summed E-state index contributed by atoms with van der Waals surface area (Å²) in [5.74, 6) is 1.49. The van der Waals surface area contributed by atoms with Gasteiger partial charge in [-0.25, -0.2) is 13.6 Å². The maximum atomic E-state index is 13.3. The van der Waals surface area contributed by atoms with Crippen LogP contribution in [0.2, 0.25) is 5.02 Å². The van der Waals surface area contributed by atoms with Gasteiger partial charge in [0.2, 0.25) is 16.8 Å². The van der Waals surface area contributed by atoms with Crippen molar-refractivity contribution in [3.05, 3.63) is 76.8 Å². The van der Waals surface area contributed by atoms with Crippen LogP contribution in [0.5, 0.6) is 11.5 Å². The second kappa shape index (κ2) is 7.62. The minimum absolute atomic E-state index is 0.00675. The van der Waals surface area contributed by atoms with Crippen molar-refractivity contribution in [2.75, 3.05) is 6.79 Å². The van der Waals surface area contributed by atoms with E-state index in [-0.39, 0.29) is 23.9 Å². The van der Waals surface area contributed by atoms with Crippen LogP contribution in [0.15, 0.2) is 65.6 Å². The number of nitrogens with two attached hydrogens (primary N) is 1. The van der Waals surface area contributed by atoms with Crippen molar-refractivity contribution in [2.24, 2.45) is 5.14 Å². The summed E-state index contributed by atoms with van der Waals surface area (Å²) < 4.78 is 34.3. The zero-order valence-electron chi connectivity index (χ0n) is 17.0. The van der Waals surface area contributed by atoms with E-state index < -0.39 is 15.4 Å². The van der Waals surface area contributed by atoms with Gasteiger partial charge >= 0.3 is 0 Å². The molecule has 1 fully saturated rings. The Morgan fingerprint density at radius 2 is 1.78 bits per heavy atom. The van der Waals surface area contributed by atoms with E-state index in [1.165, 1.54) is 12.1 Å². The van der Waals surface area contributed by atoms with E-state index in [1.807, 2.05) is 30.3 Å². The fraction of sp³-hybridized carbons (Fsp3) is 0.208. The molecule has 2 aliphatic rings. The Morgan fingerprint density at radius 1 is 1.00 bits per heavy atom. The number of hydrogen-bond donors (Lipinski definition) is 1. The quantitative estimate of drug-likeness (QED) is 0.583. The Bertz CT molecular complexity index is 1350. The standard InChI is InChI=1S/C24H20ClNO5S/c25-20-6-4-15(10-19(20)16-2-1-3-18(12-16)32(26,28)29)11-23(27)24(8-9-24)17-5-7-21-22(13-17)31-14-30-21/h1-7,10,12-13H,8-9,11,14H2,(H2,26,28,29). The van der Waals surface area contributed by atoms with E-state index in [2.05, 4.69) is 0 Å². The highest BCUT2D eigenvalue weighted by atomic mass is 35.5. The number of ketones is 1. The minimum Gasteiger partial charge on any atom is -0.454 e. The number of rotatable bonds is 6. The van der Waals surface area contributed by atoms with Gasteiger partial charge in [-0.15, -0.1) is 0 Å². The monoisotopic (exact) mass is 469 g/mol. The average Bonchev–Trinajstić information content (AvgIpc) is 3.45. The zero-order chi connectivity index (χ0) is 22.5. The SMILES string of the molecule is NS(=O)(=O)c1cccc(-c2cc(CC(=O)C3(c4ccc5c(c4)OCO5)CC3)ccc2Cl)c1. The number of Topliss-reactive ketones (excluding diaryl/α,β-unsaturated/α-hetero) is 1. The van der Waals surface area contributed by atoms with Gasteiger partial charge in [0.25, 0.3) is 0 Å². The molecule has 0 unspecified atom stereocenters. The lowest BCUT2D eigenvalue weighted by atomic mass is 9.87. The Kier molecular flexibility index (Phi) is 5.00. The summed E-state index contributed by atoms with van der Waals surface area (Å²) in [7, 11) is -3.84. The number of carbonyl (C=O) groups is 1. The van der Waals surface area contributed by atoms with E-state index in [1.54, 1.807) is 18.2 Å². The summed E-state index contributed by atoms with van der Waals surface area (Å²) in [6.07, 6.45) is 1.83. The third kappa shape index (κ3) is 3.77. The van der Waals surface area contributed by atoms with Crippen molar-refractivity contribution in [1.29, 1.82) is 0 Å². The van der Waals surface area contributed by atoms with Crippen LogP contribution in [0.3, 0.4) is 0 Å². The Hall–Kier alpha value is -2.87. The van der Waals surface area contributed by atoms with Crippen molar-refractivity contribution in [1.82, 2.24) is 0 Å². The largest absolute Gasteiger partial charge is 0.454 e. The van der Waals surface area contributed by atoms with Crippen LogP contribution in [-0.4, -0.2) is 21.0 Å². The third-order valence-corrected chi connectivity index (χ3v) is 7.32. The molecule has 2 N–H and O–H groups in total. The number of sulfonamides is 1. The van der Waals surface area contributed by atoms with Crippen LogP contribution in [0.25, 0.3) is 11.1 Å². The maximum absolute atomic E-state index is 13.3. The zero-order valence-corrected chi connectivity index (χ0v) is 18.6. The summed E-state index contributed by atoms with van der Waals surface area (Å²) in [5.41, 5.74) is 2.52. The predicted octanol–water partition coefficient (Wildman–Crippen LogP) is 4.23. The van der Waals surface area contributed by atoms with E-state index in [4.69, 9.17) is 26.2 Å². The molecule has 1 aliphatic heterocycles. The van der Waals surface area contributed by atoms with Crippen molar-refractivity contribution < 1.29 is 22.7 Å². The number of primary sulfonamides is 1. The molecule has 8 heteroatoms. The van der Waals surface area contributed by atoms with Gasteiger partial charge < -0.3 is 9.47 Å². The normalized spacial score (nSPS) is 16.1. The minimum atomic E-state index is -3.84. The fourth-order valence-electron chi connectivity index (χ4n) is 4.15. The van der Waals surface area contributed by atoms with Crippen LogP contribution >= 0.6 is 11.6 Å². The first kappa shape index (κ1) is 21.0. The molecule has 1 aliphatic carbocycles. The van der Waals surface area contributed by atoms with Crippen molar-refractivity contribution in [3.63, 3.8) is 0 Å². The van der Waals surface area contributed by atoms with Gasteiger partial charge in [0.15, 0.2) is 11.5 Å². The van der Waals surface area contributed by atoms with Crippen molar-refractivity contribution in [3.8, 4) is 22.6 Å². The average molecular weight is 470 g/mol. The van der Waals surface area contributed by atoms with Crippen LogP contribution < -0.4 is 14.6 Å². The van der Waals surface area contributed by atoms with Gasteiger partial charge in [0.05, 0.1) is 10.3 Å². The highest BCUT2D eigenvalue weighted by molar-refractivity contribution is 7.89.